The summed E-state index contributed by atoms with van der Waals surface area (Å²) in [6.45, 7) is 2.62. The molecule has 1 aromatic heterocycles. The van der Waals surface area contributed by atoms with E-state index in [1.807, 2.05) is 12.1 Å². The number of anilines is 1. The Morgan fingerprint density at radius 3 is 2.93 bits per heavy atom. The molecule has 0 atom stereocenters. The first-order valence-electron chi connectivity index (χ1n) is 4.97. The Bertz CT molecular complexity index is 297. The first kappa shape index (κ1) is 9.43. The van der Waals surface area contributed by atoms with Crippen LogP contribution < -0.4 is 10.4 Å². The topological polar surface area (TPSA) is 48.4 Å². The van der Waals surface area contributed by atoms with Gasteiger partial charge in [0, 0.05) is 31.4 Å². The van der Waals surface area contributed by atoms with Crippen molar-refractivity contribution in [3.63, 3.8) is 0 Å². The van der Waals surface area contributed by atoms with Gasteiger partial charge in [0.2, 0.25) is 0 Å². The molecule has 0 saturated carbocycles. The minimum absolute atomic E-state index is 0.458. The Morgan fingerprint density at radius 1 is 1.43 bits per heavy atom. The van der Waals surface area contributed by atoms with Crippen molar-refractivity contribution in [1.82, 2.24) is 10.5 Å². The maximum absolute atomic E-state index is 8.69. The van der Waals surface area contributed by atoms with Gasteiger partial charge in [0.15, 0.2) is 0 Å². The van der Waals surface area contributed by atoms with Crippen LogP contribution in [0, 0.1) is 0 Å². The Kier molecular flexibility index (Phi) is 2.96. The maximum atomic E-state index is 8.69. The molecule has 1 saturated heterocycles. The van der Waals surface area contributed by atoms with E-state index in [1.54, 1.807) is 6.20 Å². The number of hydrogen-bond donors (Lipinski definition) is 2. The molecular formula is C10H15N3O. The molecule has 2 rings (SSSR count). The number of nitrogens with one attached hydrogen (secondary N) is 1. The van der Waals surface area contributed by atoms with Gasteiger partial charge in [-0.15, -0.1) is 0 Å². The third-order valence-electron chi connectivity index (χ3n) is 2.54. The summed E-state index contributed by atoms with van der Waals surface area (Å²) in [4.78, 5) is 6.62. The fourth-order valence-corrected chi connectivity index (χ4v) is 1.87. The molecule has 2 heterocycles. The molecule has 0 bridgehead atoms. The largest absolute Gasteiger partial charge is 0.356 e. The van der Waals surface area contributed by atoms with Crippen molar-refractivity contribution >= 4 is 5.82 Å². The predicted octanol–water partition coefficient (Wildman–Crippen LogP) is 1.16. The molecule has 0 radical (unpaired) electrons. The lowest BCUT2D eigenvalue weighted by Crippen LogP contribution is -2.22. The number of rotatable bonds is 3. The van der Waals surface area contributed by atoms with Crippen LogP contribution in [0.2, 0.25) is 0 Å². The molecule has 14 heavy (non-hydrogen) atoms. The van der Waals surface area contributed by atoms with Crippen LogP contribution in [-0.2, 0) is 6.54 Å². The molecule has 0 unspecified atom stereocenters. The van der Waals surface area contributed by atoms with Crippen LogP contribution in [0.3, 0.4) is 0 Å². The van der Waals surface area contributed by atoms with Crippen molar-refractivity contribution in [3.8, 4) is 0 Å². The molecule has 0 spiro atoms. The van der Waals surface area contributed by atoms with Crippen LogP contribution in [0.5, 0.6) is 0 Å². The van der Waals surface area contributed by atoms with E-state index >= 15 is 0 Å². The van der Waals surface area contributed by atoms with Crippen molar-refractivity contribution in [2.24, 2.45) is 0 Å². The highest BCUT2D eigenvalue weighted by molar-refractivity contribution is 5.47. The van der Waals surface area contributed by atoms with Crippen molar-refractivity contribution in [3.05, 3.63) is 23.9 Å². The van der Waals surface area contributed by atoms with Gasteiger partial charge in [-0.25, -0.2) is 10.5 Å². The molecular weight excluding hydrogens is 178 g/mol. The van der Waals surface area contributed by atoms with Gasteiger partial charge in [-0.05, 0) is 18.9 Å². The third-order valence-corrected chi connectivity index (χ3v) is 2.54. The highest BCUT2D eigenvalue weighted by atomic mass is 16.5. The van der Waals surface area contributed by atoms with E-state index in [9.17, 15) is 0 Å². The smallest absolute Gasteiger partial charge is 0.133 e. The molecule has 0 aromatic carbocycles. The predicted molar refractivity (Wildman–Crippen MR) is 54.3 cm³/mol. The summed E-state index contributed by atoms with van der Waals surface area (Å²) in [6.07, 6.45) is 4.28. The minimum Gasteiger partial charge on any atom is -0.356 e. The summed E-state index contributed by atoms with van der Waals surface area (Å²) in [5, 5.41) is 8.69. The zero-order valence-electron chi connectivity index (χ0n) is 8.11. The Hall–Kier alpha value is -1.13. The van der Waals surface area contributed by atoms with Crippen LogP contribution in [0.1, 0.15) is 18.4 Å². The molecule has 1 aliphatic rings. The molecule has 4 nitrogen and oxygen atoms in total. The molecule has 76 valence electrons. The van der Waals surface area contributed by atoms with E-state index in [-0.39, 0.29) is 0 Å². The second-order valence-corrected chi connectivity index (χ2v) is 3.52. The van der Waals surface area contributed by atoms with Gasteiger partial charge in [-0.2, -0.15) is 0 Å². The highest BCUT2D eigenvalue weighted by Crippen LogP contribution is 2.21. The summed E-state index contributed by atoms with van der Waals surface area (Å²) in [6, 6.07) is 3.89. The van der Waals surface area contributed by atoms with Crippen LogP contribution >= 0.6 is 0 Å². The Balaban J connectivity index is 2.21. The van der Waals surface area contributed by atoms with Crippen molar-refractivity contribution in [1.29, 1.82) is 0 Å². The average Bonchev–Trinajstić information content (AvgIpc) is 2.72. The van der Waals surface area contributed by atoms with E-state index in [4.69, 9.17) is 5.21 Å². The van der Waals surface area contributed by atoms with Crippen molar-refractivity contribution in [2.45, 2.75) is 19.4 Å². The summed E-state index contributed by atoms with van der Waals surface area (Å²) < 4.78 is 0. The van der Waals surface area contributed by atoms with Gasteiger partial charge in [-0.1, -0.05) is 6.07 Å². The van der Waals surface area contributed by atoms with Gasteiger partial charge in [0.25, 0.3) is 0 Å². The van der Waals surface area contributed by atoms with E-state index in [0.717, 1.165) is 24.5 Å². The quantitative estimate of drug-likeness (QED) is 0.707. The lowest BCUT2D eigenvalue weighted by molar-refractivity contribution is 0.161. The lowest BCUT2D eigenvalue weighted by atomic mass is 10.2. The fraction of sp³-hybridized carbons (Fsp3) is 0.500. The monoisotopic (exact) mass is 193 g/mol. The van der Waals surface area contributed by atoms with E-state index in [2.05, 4.69) is 15.4 Å². The minimum atomic E-state index is 0.458. The second-order valence-electron chi connectivity index (χ2n) is 3.52. The van der Waals surface area contributed by atoms with E-state index < -0.39 is 0 Å². The second kappa shape index (κ2) is 4.39. The summed E-state index contributed by atoms with van der Waals surface area (Å²) in [7, 11) is 0. The number of nitrogens with zero attached hydrogens (tertiary/aromatic N) is 2. The maximum Gasteiger partial charge on any atom is 0.133 e. The van der Waals surface area contributed by atoms with Crippen LogP contribution in [0.15, 0.2) is 18.3 Å². The highest BCUT2D eigenvalue weighted by Gasteiger charge is 2.15. The Labute approximate surface area is 83.5 Å². The zero-order chi connectivity index (χ0) is 9.80. The van der Waals surface area contributed by atoms with Crippen LogP contribution in [0.4, 0.5) is 5.82 Å². The van der Waals surface area contributed by atoms with Crippen molar-refractivity contribution < 1.29 is 5.21 Å². The van der Waals surface area contributed by atoms with Crippen molar-refractivity contribution in [2.75, 3.05) is 18.0 Å². The zero-order valence-corrected chi connectivity index (χ0v) is 8.11. The first-order chi connectivity index (χ1) is 6.92. The molecule has 4 heteroatoms. The Morgan fingerprint density at radius 2 is 2.21 bits per heavy atom. The van der Waals surface area contributed by atoms with Gasteiger partial charge < -0.3 is 10.1 Å². The van der Waals surface area contributed by atoms with Gasteiger partial charge in [-0.3, -0.25) is 0 Å². The molecule has 2 N–H and O–H groups in total. The number of aromatic nitrogens is 1. The normalized spacial score (nSPS) is 16.2. The standard InChI is InChI=1S/C10H15N3O/c14-12-8-9-4-3-5-11-10(9)13-6-1-2-7-13/h3-5,12,14H,1-2,6-8H2. The summed E-state index contributed by atoms with van der Waals surface area (Å²) >= 11 is 0. The molecule has 1 aromatic rings. The van der Waals surface area contributed by atoms with Crippen LogP contribution in [0.25, 0.3) is 0 Å². The van der Waals surface area contributed by atoms with Gasteiger partial charge >= 0.3 is 0 Å². The van der Waals surface area contributed by atoms with Gasteiger partial charge in [0.05, 0.1) is 0 Å². The molecule has 1 aliphatic heterocycles. The summed E-state index contributed by atoms with van der Waals surface area (Å²) in [5.41, 5.74) is 3.23. The SMILES string of the molecule is ONCc1cccnc1N1CCCC1. The molecule has 0 amide bonds. The number of hydroxylamine groups is 1. The van der Waals surface area contributed by atoms with E-state index in [1.165, 1.54) is 12.8 Å². The molecule has 0 aliphatic carbocycles. The summed E-state index contributed by atoms with van der Waals surface area (Å²) in [5.74, 6) is 1.01. The number of hydrogen-bond acceptors (Lipinski definition) is 4. The first-order valence-corrected chi connectivity index (χ1v) is 4.97. The molecule has 1 fully saturated rings. The number of pyridine rings is 1. The lowest BCUT2D eigenvalue weighted by Gasteiger charge is -2.19. The van der Waals surface area contributed by atoms with E-state index in [0.29, 0.717) is 6.54 Å². The third kappa shape index (κ3) is 1.86. The average molecular weight is 193 g/mol. The van der Waals surface area contributed by atoms with Crippen LogP contribution in [-0.4, -0.2) is 23.3 Å². The van der Waals surface area contributed by atoms with Gasteiger partial charge in [0.1, 0.15) is 5.82 Å². The fourth-order valence-electron chi connectivity index (χ4n) is 1.87.